The fraction of sp³-hybridized carbons (Fsp3) is 0.600. The molecule has 0 aromatic carbocycles. The summed E-state index contributed by atoms with van der Waals surface area (Å²) in [5.74, 6) is 0.761. The number of anilines is 1. The van der Waals surface area contributed by atoms with Crippen LogP contribution in [-0.2, 0) is 0 Å². The molecule has 0 saturated heterocycles. The third-order valence-electron chi connectivity index (χ3n) is 2.67. The molecule has 1 aromatic rings. The molecule has 5 heteroatoms. The zero-order chi connectivity index (χ0) is 10.7. The van der Waals surface area contributed by atoms with Crippen LogP contribution in [0, 0.1) is 0 Å². The van der Waals surface area contributed by atoms with Gasteiger partial charge in [0, 0.05) is 12.2 Å². The Balaban J connectivity index is 1.92. The Bertz CT molecular complexity index is 326. The fourth-order valence-corrected chi connectivity index (χ4v) is 1.99. The lowest BCUT2D eigenvalue weighted by molar-refractivity contribution is 0.126. The van der Waals surface area contributed by atoms with Gasteiger partial charge in [-0.2, -0.15) is 0 Å². The van der Waals surface area contributed by atoms with Gasteiger partial charge in [-0.25, -0.2) is 9.97 Å². The highest BCUT2D eigenvalue weighted by atomic mass is 35.5. The van der Waals surface area contributed by atoms with Crippen molar-refractivity contribution >= 4 is 17.4 Å². The lowest BCUT2D eigenvalue weighted by atomic mass is 9.93. The van der Waals surface area contributed by atoms with E-state index in [0.717, 1.165) is 31.5 Å². The first-order valence-electron chi connectivity index (χ1n) is 5.17. The van der Waals surface area contributed by atoms with E-state index in [-0.39, 0.29) is 11.4 Å². The maximum absolute atomic E-state index is 9.36. The van der Waals surface area contributed by atoms with Gasteiger partial charge >= 0.3 is 0 Å². The minimum atomic E-state index is -0.128. The Hall–Kier alpha value is -0.870. The maximum Gasteiger partial charge on any atom is 0.224 e. The summed E-state index contributed by atoms with van der Waals surface area (Å²) in [6.45, 7) is 0. The van der Waals surface area contributed by atoms with Crippen molar-refractivity contribution < 1.29 is 5.11 Å². The van der Waals surface area contributed by atoms with E-state index in [1.165, 1.54) is 0 Å². The molecule has 1 aromatic heterocycles. The molecule has 1 aliphatic rings. The normalized spacial score (nSPS) is 26.3. The van der Waals surface area contributed by atoms with Gasteiger partial charge in [0.25, 0.3) is 0 Å². The van der Waals surface area contributed by atoms with Crippen molar-refractivity contribution in [1.82, 2.24) is 9.97 Å². The molecule has 2 rings (SSSR count). The Labute approximate surface area is 93.7 Å². The van der Waals surface area contributed by atoms with Gasteiger partial charge in [0.2, 0.25) is 5.28 Å². The average Bonchev–Trinajstić information content (AvgIpc) is 2.22. The molecule has 82 valence electrons. The third-order valence-corrected chi connectivity index (χ3v) is 2.86. The van der Waals surface area contributed by atoms with Crippen molar-refractivity contribution in [2.75, 3.05) is 5.32 Å². The van der Waals surface area contributed by atoms with Gasteiger partial charge in [0.15, 0.2) is 0 Å². The zero-order valence-electron chi connectivity index (χ0n) is 8.36. The number of rotatable bonds is 2. The lowest BCUT2D eigenvalue weighted by Gasteiger charge is -2.26. The molecule has 0 spiro atoms. The van der Waals surface area contributed by atoms with Gasteiger partial charge < -0.3 is 10.4 Å². The van der Waals surface area contributed by atoms with Crippen LogP contribution in [0.1, 0.15) is 25.7 Å². The lowest BCUT2D eigenvalue weighted by Crippen LogP contribution is -2.28. The van der Waals surface area contributed by atoms with E-state index in [0.29, 0.717) is 6.04 Å². The second kappa shape index (κ2) is 4.77. The molecular formula is C10H14ClN3O. The molecule has 4 nitrogen and oxygen atoms in total. The average molecular weight is 228 g/mol. The minimum absolute atomic E-state index is 0.128. The molecule has 0 atom stereocenters. The van der Waals surface area contributed by atoms with Gasteiger partial charge in [0.1, 0.15) is 5.82 Å². The van der Waals surface area contributed by atoms with E-state index in [1.54, 1.807) is 12.3 Å². The number of nitrogens with zero attached hydrogens (tertiary/aromatic N) is 2. The van der Waals surface area contributed by atoms with Crippen LogP contribution in [-0.4, -0.2) is 27.2 Å². The van der Waals surface area contributed by atoms with Crippen molar-refractivity contribution in [2.45, 2.75) is 37.8 Å². The van der Waals surface area contributed by atoms with Crippen LogP contribution in [0.25, 0.3) is 0 Å². The third kappa shape index (κ3) is 3.04. The summed E-state index contributed by atoms with van der Waals surface area (Å²) in [5, 5.41) is 12.9. The zero-order valence-corrected chi connectivity index (χ0v) is 9.11. The largest absolute Gasteiger partial charge is 0.393 e. The second-order valence-corrected chi connectivity index (χ2v) is 4.20. The van der Waals surface area contributed by atoms with Crippen molar-refractivity contribution in [3.63, 3.8) is 0 Å². The van der Waals surface area contributed by atoms with Gasteiger partial charge in [-0.3, -0.25) is 0 Å². The Morgan fingerprint density at radius 3 is 2.73 bits per heavy atom. The fourth-order valence-electron chi connectivity index (χ4n) is 1.84. The molecule has 0 amide bonds. The molecule has 0 unspecified atom stereocenters. The number of halogens is 1. The van der Waals surface area contributed by atoms with Crippen LogP contribution >= 0.6 is 11.6 Å². The Kier molecular flexibility index (Phi) is 3.38. The quantitative estimate of drug-likeness (QED) is 0.757. The maximum atomic E-state index is 9.36. The highest BCUT2D eigenvalue weighted by Gasteiger charge is 2.19. The summed E-state index contributed by atoms with van der Waals surface area (Å²) in [7, 11) is 0. The summed E-state index contributed by atoms with van der Waals surface area (Å²) in [6.07, 6.45) is 5.17. The van der Waals surface area contributed by atoms with Gasteiger partial charge in [0.05, 0.1) is 6.10 Å². The van der Waals surface area contributed by atoms with E-state index in [4.69, 9.17) is 11.6 Å². The van der Waals surface area contributed by atoms with Gasteiger partial charge in [-0.1, -0.05) is 0 Å². The predicted octanol–water partition coefficient (Wildman–Crippen LogP) is 1.85. The molecular weight excluding hydrogens is 214 g/mol. The highest BCUT2D eigenvalue weighted by molar-refractivity contribution is 6.28. The van der Waals surface area contributed by atoms with Crippen LogP contribution in [0.5, 0.6) is 0 Å². The smallest absolute Gasteiger partial charge is 0.224 e. The molecule has 0 bridgehead atoms. The Morgan fingerprint density at radius 1 is 1.33 bits per heavy atom. The molecule has 15 heavy (non-hydrogen) atoms. The number of aliphatic hydroxyl groups excluding tert-OH is 1. The number of aliphatic hydroxyl groups is 1. The van der Waals surface area contributed by atoms with Crippen molar-refractivity contribution in [2.24, 2.45) is 0 Å². The minimum Gasteiger partial charge on any atom is -0.393 e. The summed E-state index contributed by atoms with van der Waals surface area (Å²) in [6, 6.07) is 2.19. The molecule has 1 aliphatic carbocycles. The molecule has 1 fully saturated rings. The van der Waals surface area contributed by atoms with E-state index in [1.807, 2.05) is 0 Å². The first-order valence-corrected chi connectivity index (χ1v) is 5.55. The number of aromatic nitrogens is 2. The molecule has 0 radical (unpaired) electrons. The van der Waals surface area contributed by atoms with Crippen molar-refractivity contribution in [3.05, 3.63) is 17.5 Å². The van der Waals surface area contributed by atoms with Crippen LogP contribution in [0.4, 0.5) is 5.82 Å². The summed E-state index contributed by atoms with van der Waals surface area (Å²) < 4.78 is 0. The second-order valence-electron chi connectivity index (χ2n) is 3.86. The summed E-state index contributed by atoms with van der Waals surface area (Å²) in [5.41, 5.74) is 0. The predicted molar refractivity (Wildman–Crippen MR) is 58.9 cm³/mol. The van der Waals surface area contributed by atoms with Crippen LogP contribution < -0.4 is 5.32 Å². The van der Waals surface area contributed by atoms with Gasteiger partial charge in [-0.05, 0) is 43.4 Å². The topological polar surface area (TPSA) is 58.0 Å². The van der Waals surface area contributed by atoms with Gasteiger partial charge in [-0.15, -0.1) is 0 Å². The number of nitrogens with one attached hydrogen (secondary N) is 1. The van der Waals surface area contributed by atoms with E-state index < -0.39 is 0 Å². The first-order chi connectivity index (χ1) is 7.24. The number of hydrogen-bond donors (Lipinski definition) is 2. The van der Waals surface area contributed by atoms with E-state index in [2.05, 4.69) is 15.3 Å². The molecule has 1 saturated carbocycles. The summed E-state index contributed by atoms with van der Waals surface area (Å²) in [4.78, 5) is 7.89. The Morgan fingerprint density at radius 2 is 2.07 bits per heavy atom. The molecule has 0 aliphatic heterocycles. The van der Waals surface area contributed by atoms with E-state index >= 15 is 0 Å². The van der Waals surface area contributed by atoms with Crippen LogP contribution in [0.3, 0.4) is 0 Å². The van der Waals surface area contributed by atoms with Crippen LogP contribution in [0.2, 0.25) is 5.28 Å². The van der Waals surface area contributed by atoms with Crippen molar-refractivity contribution in [3.8, 4) is 0 Å². The first kappa shape index (κ1) is 10.6. The number of hydrogen-bond acceptors (Lipinski definition) is 4. The molecule has 2 N–H and O–H groups in total. The summed E-state index contributed by atoms with van der Waals surface area (Å²) >= 11 is 5.68. The van der Waals surface area contributed by atoms with Crippen LogP contribution in [0.15, 0.2) is 12.3 Å². The van der Waals surface area contributed by atoms with Crippen molar-refractivity contribution in [1.29, 1.82) is 0 Å². The monoisotopic (exact) mass is 227 g/mol. The van der Waals surface area contributed by atoms with E-state index in [9.17, 15) is 5.11 Å². The SMILES string of the molecule is OC1CCC(Nc2ccnc(Cl)n2)CC1. The standard InChI is InChI=1S/C10H14ClN3O/c11-10-12-6-5-9(14-10)13-7-1-3-8(15)4-2-7/h5-8,15H,1-4H2,(H,12,13,14). The molecule has 1 heterocycles. The highest BCUT2D eigenvalue weighted by Crippen LogP contribution is 2.21.